The van der Waals surface area contributed by atoms with Crippen molar-refractivity contribution in [1.82, 2.24) is 4.98 Å². The van der Waals surface area contributed by atoms with Gasteiger partial charge in [-0.05, 0) is 18.9 Å². The Bertz CT molecular complexity index is 723. The Morgan fingerprint density at radius 1 is 1.22 bits per heavy atom. The van der Waals surface area contributed by atoms with Crippen molar-refractivity contribution in [3.63, 3.8) is 0 Å². The third-order valence-electron chi connectivity index (χ3n) is 5.19. The molecule has 3 heterocycles. The van der Waals surface area contributed by atoms with Gasteiger partial charge < -0.3 is 21.1 Å². The molecule has 0 saturated carbocycles. The zero-order chi connectivity index (χ0) is 15.9. The zero-order valence-electron chi connectivity index (χ0n) is 13.2. The molecule has 120 valence electrons. The van der Waals surface area contributed by atoms with Gasteiger partial charge in [-0.15, -0.1) is 0 Å². The Hall–Kier alpha value is -2.27. The van der Waals surface area contributed by atoms with Crippen LogP contribution in [-0.4, -0.2) is 24.7 Å². The maximum absolute atomic E-state index is 6.04. The van der Waals surface area contributed by atoms with E-state index in [-0.39, 0.29) is 5.41 Å². The molecule has 1 saturated heterocycles. The molecule has 0 amide bonds. The predicted molar refractivity (Wildman–Crippen MR) is 91.6 cm³/mol. The molecule has 0 aliphatic carbocycles. The number of aromatic nitrogens is 1. The number of piperidine rings is 1. The predicted octanol–water partition coefficient (Wildman–Crippen LogP) is 2.05. The summed E-state index contributed by atoms with van der Waals surface area (Å²) in [6.45, 7) is 3.22. The number of nitrogen functional groups attached to an aromatic ring is 1. The summed E-state index contributed by atoms with van der Waals surface area (Å²) in [5.41, 5.74) is 15.1. The first-order chi connectivity index (χ1) is 11.2. The first kappa shape index (κ1) is 14.3. The number of ether oxygens (including phenoxy) is 1. The summed E-state index contributed by atoms with van der Waals surface area (Å²) < 4.78 is 6.04. The quantitative estimate of drug-likeness (QED) is 0.888. The van der Waals surface area contributed by atoms with Gasteiger partial charge >= 0.3 is 0 Å². The Labute approximate surface area is 136 Å². The highest BCUT2D eigenvalue weighted by Crippen LogP contribution is 2.47. The van der Waals surface area contributed by atoms with Gasteiger partial charge in [-0.1, -0.05) is 18.2 Å². The van der Waals surface area contributed by atoms with Crippen molar-refractivity contribution in [3.05, 3.63) is 47.7 Å². The van der Waals surface area contributed by atoms with Crippen molar-refractivity contribution in [2.24, 2.45) is 5.73 Å². The monoisotopic (exact) mass is 310 g/mol. The number of benzene rings is 1. The first-order valence-electron chi connectivity index (χ1n) is 8.14. The van der Waals surface area contributed by atoms with Gasteiger partial charge in [-0.25, -0.2) is 4.98 Å². The van der Waals surface area contributed by atoms with Gasteiger partial charge in [0.05, 0.1) is 6.61 Å². The smallest absolute Gasteiger partial charge is 0.130 e. The van der Waals surface area contributed by atoms with Crippen LogP contribution in [0.5, 0.6) is 5.75 Å². The Kier molecular flexibility index (Phi) is 3.38. The van der Waals surface area contributed by atoms with Crippen LogP contribution in [0, 0.1) is 0 Å². The van der Waals surface area contributed by atoms with Crippen molar-refractivity contribution in [3.8, 4) is 5.75 Å². The molecule has 4 rings (SSSR count). The van der Waals surface area contributed by atoms with E-state index < -0.39 is 0 Å². The highest BCUT2D eigenvalue weighted by Gasteiger charge is 2.43. The number of nitrogens with two attached hydrogens (primary N) is 2. The Morgan fingerprint density at radius 2 is 2.04 bits per heavy atom. The van der Waals surface area contributed by atoms with Crippen LogP contribution in [0.4, 0.5) is 11.5 Å². The standard InChI is InChI=1S/C18H22N4O/c19-11-13-2-1-3-15-17(13)23-12-18(15)5-8-22(9-6-18)16-10-14(20)4-7-21-16/h1-4,7,10H,5-6,8-9,11-12,19H2,(H2,20,21). The van der Waals surface area contributed by atoms with E-state index in [2.05, 4.69) is 28.1 Å². The van der Waals surface area contributed by atoms with Crippen LogP contribution in [0.15, 0.2) is 36.5 Å². The fourth-order valence-corrected chi connectivity index (χ4v) is 3.81. The van der Waals surface area contributed by atoms with E-state index in [4.69, 9.17) is 16.2 Å². The lowest BCUT2D eigenvalue weighted by Gasteiger charge is -2.39. The molecule has 1 spiro atoms. The number of rotatable bonds is 2. The lowest BCUT2D eigenvalue weighted by atomic mass is 9.74. The molecule has 4 N–H and O–H groups in total. The fourth-order valence-electron chi connectivity index (χ4n) is 3.81. The van der Waals surface area contributed by atoms with Crippen LogP contribution in [0.25, 0.3) is 0 Å². The van der Waals surface area contributed by atoms with Crippen LogP contribution < -0.4 is 21.1 Å². The highest BCUT2D eigenvalue weighted by molar-refractivity contribution is 5.53. The molecule has 2 aliphatic rings. The maximum atomic E-state index is 6.04. The minimum Gasteiger partial charge on any atom is -0.492 e. The van der Waals surface area contributed by atoms with Crippen molar-refractivity contribution >= 4 is 11.5 Å². The molecule has 5 heteroatoms. The number of nitrogens with zero attached hydrogens (tertiary/aromatic N) is 2. The van der Waals surface area contributed by atoms with Gasteiger partial charge in [0.25, 0.3) is 0 Å². The molecule has 0 atom stereocenters. The molecule has 23 heavy (non-hydrogen) atoms. The number of hydrogen-bond donors (Lipinski definition) is 2. The average molecular weight is 310 g/mol. The Balaban J connectivity index is 1.57. The molecule has 2 aromatic rings. The summed E-state index contributed by atoms with van der Waals surface area (Å²) >= 11 is 0. The van der Waals surface area contributed by atoms with E-state index >= 15 is 0 Å². The lowest BCUT2D eigenvalue weighted by Crippen LogP contribution is -2.44. The first-order valence-corrected chi connectivity index (χ1v) is 8.14. The van der Waals surface area contributed by atoms with Crippen molar-refractivity contribution in [2.75, 3.05) is 30.3 Å². The second-order valence-corrected chi connectivity index (χ2v) is 6.50. The molecular formula is C18H22N4O. The molecule has 0 bridgehead atoms. The SMILES string of the molecule is NCc1cccc2c1OCC21CCN(c2cc(N)ccn2)CC1. The van der Waals surface area contributed by atoms with Gasteiger partial charge in [-0.2, -0.15) is 0 Å². The van der Waals surface area contributed by atoms with E-state index in [0.717, 1.165) is 55.4 Å². The van der Waals surface area contributed by atoms with Crippen molar-refractivity contribution in [2.45, 2.75) is 24.8 Å². The third kappa shape index (κ3) is 2.32. The minimum atomic E-state index is 0.122. The van der Waals surface area contributed by atoms with E-state index in [1.54, 1.807) is 6.20 Å². The molecule has 2 aliphatic heterocycles. The second-order valence-electron chi connectivity index (χ2n) is 6.50. The van der Waals surface area contributed by atoms with E-state index in [1.807, 2.05) is 12.1 Å². The summed E-state index contributed by atoms with van der Waals surface area (Å²) in [5, 5.41) is 0. The van der Waals surface area contributed by atoms with Crippen LogP contribution in [-0.2, 0) is 12.0 Å². The number of fused-ring (bicyclic) bond motifs is 2. The lowest BCUT2D eigenvalue weighted by molar-refractivity contribution is 0.229. The van der Waals surface area contributed by atoms with Gasteiger partial charge in [0.15, 0.2) is 0 Å². The number of para-hydroxylation sites is 1. The molecule has 5 nitrogen and oxygen atoms in total. The van der Waals surface area contributed by atoms with Gasteiger partial charge in [-0.3, -0.25) is 0 Å². The summed E-state index contributed by atoms with van der Waals surface area (Å²) in [4.78, 5) is 6.76. The fraction of sp³-hybridized carbons (Fsp3) is 0.389. The number of anilines is 2. The van der Waals surface area contributed by atoms with Crippen LogP contribution >= 0.6 is 0 Å². The topological polar surface area (TPSA) is 77.4 Å². The maximum Gasteiger partial charge on any atom is 0.130 e. The van der Waals surface area contributed by atoms with Crippen molar-refractivity contribution in [1.29, 1.82) is 0 Å². The molecule has 1 fully saturated rings. The summed E-state index contributed by atoms with van der Waals surface area (Å²) in [6.07, 6.45) is 3.89. The Morgan fingerprint density at radius 3 is 2.78 bits per heavy atom. The molecular weight excluding hydrogens is 288 g/mol. The highest BCUT2D eigenvalue weighted by atomic mass is 16.5. The van der Waals surface area contributed by atoms with Gasteiger partial charge in [0, 0.05) is 54.1 Å². The summed E-state index contributed by atoms with van der Waals surface area (Å²) in [6, 6.07) is 10.1. The van der Waals surface area contributed by atoms with Crippen LogP contribution in [0.3, 0.4) is 0 Å². The van der Waals surface area contributed by atoms with Gasteiger partial charge in [0.1, 0.15) is 11.6 Å². The van der Waals surface area contributed by atoms with Crippen LogP contribution in [0.1, 0.15) is 24.0 Å². The number of pyridine rings is 1. The van der Waals surface area contributed by atoms with E-state index in [9.17, 15) is 0 Å². The number of hydrogen-bond acceptors (Lipinski definition) is 5. The minimum absolute atomic E-state index is 0.122. The molecule has 1 aromatic heterocycles. The summed E-state index contributed by atoms with van der Waals surface area (Å²) in [7, 11) is 0. The normalized spacial score (nSPS) is 18.7. The van der Waals surface area contributed by atoms with E-state index in [1.165, 1.54) is 5.56 Å². The zero-order valence-corrected chi connectivity index (χ0v) is 13.2. The second kappa shape index (κ2) is 5.42. The third-order valence-corrected chi connectivity index (χ3v) is 5.19. The summed E-state index contributed by atoms with van der Waals surface area (Å²) in [5.74, 6) is 1.99. The van der Waals surface area contributed by atoms with Crippen LogP contribution in [0.2, 0.25) is 0 Å². The molecule has 1 aromatic carbocycles. The van der Waals surface area contributed by atoms with Gasteiger partial charge in [0.2, 0.25) is 0 Å². The van der Waals surface area contributed by atoms with Crippen molar-refractivity contribution < 1.29 is 4.74 Å². The molecule has 0 radical (unpaired) electrons. The largest absolute Gasteiger partial charge is 0.492 e. The van der Waals surface area contributed by atoms with E-state index in [0.29, 0.717) is 6.54 Å². The average Bonchev–Trinajstić information content (AvgIpc) is 2.94. The molecule has 0 unspecified atom stereocenters.